The van der Waals surface area contributed by atoms with Crippen molar-refractivity contribution in [3.8, 4) is 11.5 Å². The quantitative estimate of drug-likeness (QED) is 0.837. The molecule has 0 unspecified atom stereocenters. The number of phenolic OH excluding ortho intramolecular Hbond substituents is 1. The lowest BCUT2D eigenvalue weighted by Gasteiger charge is -2.24. The molecule has 1 fully saturated rings. The fourth-order valence-electron chi connectivity index (χ4n) is 2.09. The van der Waals surface area contributed by atoms with E-state index in [0.29, 0.717) is 16.8 Å². The first-order chi connectivity index (χ1) is 7.72. The zero-order valence-corrected chi connectivity index (χ0v) is 10.0. The van der Waals surface area contributed by atoms with E-state index in [1.807, 2.05) is 12.1 Å². The van der Waals surface area contributed by atoms with Crippen molar-refractivity contribution in [2.45, 2.75) is 25.3 Å². The summed E-state index contributed by atoms with van der Waals surface area (Å²) in [6.07, 6.45) is 3.54. The molecule has 16 heavy (non-hydrogen) atoms. The van der Waals surface area contributed by atoms with Gasteiger partial charge in [0.15, 0.2) is 11.5 Å². The second-order valence-corrected chi connectivity index (χ2v) is 4.46. The summed E-state index contributed by atoms with van der Waals surface area (Å²) in [6.45, 7) is 1.03. The largest absolute Gasteiger partial charge is 0.503 e. The van der Waals surface area contributed by atoms with Crippen molar-refractivity contribution >= 4 is 11.6 Å². The van der Waals surface area contributed by atoms with E-state index in [-0.39, 0.29) is 5.75 Å². The lowest BCUT2D eigenvalue weighted by atomic mass is 9.97. The molecule has 0 aliphatic carbocycles. The van der Waals surface area contributed by atoms with Crippen LogP contribution in [0.4, 0.5) is 0 Å². The van der Waals surface area contributed by atoms with Crippen molar-refractivity contribution in [2.75, 3.05) is 13.7 Å². The number of phenols is 1. The van der Waals surface area contributed by atoms with E-state index in [4.69, 9.17) is 16.3 Å². The number of methoxy groups -OCH3 is 1. The molecule has 0 spiro atoms. The van der Waals surface area contributed by atoms with Crippen molar-refractivity contribution < 1.29 is 9.84 Å². The summed E-state index contributed by atoms with van der Waals surface area (Å²) in [5, 5.41) is 13.4. The molecule has 2 rings (SSSR count). The molecule has 0 bridgehead atoms. The van der Waals surface area contributed by atoms with Crippen molar-refractivity contribution in [1.29, 1.82) is 0 Å². The van der Waals surface area contributed by atoms with Crippen LogP contribution >= 0.6 is 11.6 Å². The number of hydrogen-bond acceptors (Lipinski definition) is 3. The third kappa shape index (κ3) is 2.25. The van der Waals surface area contributed by atoms with Crippen LogP contribution in [0.3, 0.4) is 0 Å². The molecule has 88 valence electrons. The Balaban J connectivity index is 2.29. The molecule has 1 aliphatic heterocycles. The van der Waals surface area contributed by atoms with Gasteiger partial charge in [-0.25, -0.2) is 0 Å². The maximum Gasteiger partial charge on any atom is 0.176 e. The van der Waals surface area contributed by atoms with Gasteiger partial charge in [0.2, 0.25) is 0 Å². The third-order valence-electron chi connectivity index (χ3n) is 2.98. The molecule has 0 amide bonds. The van der Waals surface area contributed by atoms with E-state index >= 15 is 0 Å². The van der Waals surface area contributed by atoms with Crippen LogP contribution in [0.25, 0.3) is 0 Å². The number of ether oxygens (including phenoxy) is 1. The van der Waals surface area contributed by atoms with E-state index in [1.165, 1.54) is 20.0 Å². The Kier molecular flexibility index (Phi) is 3.56. The van der Waals surface area contributed by atoms with Gasteiger partial charge in [0.25, 0.3) is 0 Å². The molecule has 1 aromatic carbocycles. The summed E-state index contributed by atoms with van der Waals surface area (Å²) in [4.78, 5) is 0. The maximum atomic E-state index is 9.64. The van der Waals surface area contributed by atoms with Gasteiger partial charge in [0, 0.05) is 6.04 Å². The summed E-state index contributed by atoms with van der Waals surface area (Å²) in [7, 11) is 1.53. The topological polar surface area (TPSA) is 41.5 Å². The maximum absolute atomic E-state index is 9.64. The lowest BCUT2D eigenvalue weighted by molar-refractivity contribution is 0.369. The lowest BCUT2D eigenvalue weighted by Crippen LogP contribution is -2.26. The molecule has 1 aromatic rings. The van der Waals surface area contributed by atoms with Gasteiger partial charge >= 0.3 is 0 Å². The van der Waals surface area contributed by atoms with Crippen LogP contribution in [0.2, 0.25) is 5.02 Å². The summed E-state index contributed by atoms with van der Waals surface area (Å²) in [5.74, 6) is 0.457. The number of hydrogen-bond donors (Lipinski definition) is 2. The van der Waals surface area contributed by atoms with Crippen LogP contribution in [0.1, 0.15) is 30.9 Å². The molecule has 1 heterocycles. The van der Waals surface area contributed by atoms with Gasteiger partial charge in [-0.1, -0.05) is 18.0 Å². The predicted octanol–water partition coefficient (Wildman–Crippen LogP) is 2.87. The molecule has 1 atom stereocenters. The predicted molar refractivity (Wildman–Crippen MR) is 64.3 cm³/mol. The standard InChI is InChI=1S/C12H16ClNO2/c1-16-11-7-8(6-9(13)12(11)15)10-4-2-3-5-14-10/h6-7,10,14-15H,2-5H2,1H3/t10-/m0/s1. The zero-order chi connectivity index (χ0) is 11.5. The highest BCUT2D eigenvalue weighted by molar-refractivity contribution is 6.32. The van der Waals surface area contributed by atoms with E-state index < -0.39 is 0 Å². The van der Waals surface area contributed by atoms with E-state index in [0.717, 1.165) is 18.5 Å². The molecule has 3 nitrogen and oxygen atoms in total. The number of benzene rings is 1. The van der Waals surface area contributed by atoms with Gasteiger partial charge in [0.1, 0.15) is 0 Å². The molecule has 1 saturated heterocycles. The third-order valence-corrected chi connectivity index (χ3v) is 3.27. The Labute approximate surface area is 100 Å². The molecule has 0 saturated carbocycles. The highest BCUT2D eigenvalue weighted by Gasteiger charge is 2.18. The van der Waals surface area contributed by atoms with Gasteiger partial charge < -0.3 is 15.2 Å². The van der Waals surface area contributed by atoms with Crippen molar-refractivity contribution in [2.24, 2.45) is 0 Å². The van der Waals surface area contributed by atoms with Gasteiger partial charge in [-0.15, -0.1) is 0 Å². The summed E-state index contributed by atoms with van der Waals surface area (Å²) in [5.41, 5.74) is 1.08. The molecule has 0 aromatic heterocycles. The fourth-order valence-corrected chi connectivity index (χ4v) is 2.31. The minimum Gasteiger partial charge on any atom is -0.503 e. The zero-order valence-electron chi connectivity index (χ0n) is 9.29. The first-order valence-electron chi connectivity index (χ1n) is 5.52. The molecule has 0 radical (unpaired) electrons. The Bertz CT molecular complexity index is 376. The number of aromatic hydroxyl groups is 1. The molecule has 4 heteroatoms. The van der Waals surface area contributed by atoms with E-state index in [2.05, 4.69) is 5.32 Å². The first kappa shape index (κ1) is 11.6. The van der Waals surface area contributed by atoms with Crippen LogP contribution < -0.4 is 10.1 Å². The van der Waals surface area contributed by atoms with Crippen molar-refractivity contribution in [1.82, 2.24) is 5.32 Å². The minimum absolute atomic E-state index is 0.0173. The van der Waals surface area contributed by atoms with Crippen LogP contribution in [-0.2, 0) is 0 Å². The normalized spacial score (nSPS) is 20.8. The van der Waals surface area contributed by atoms with Gasteiger partial charge in [0.05, 0.1) is 12.1 Å². The smallest absolute Gasteiger partial charge is 0.176 e. The Morgan fingerprint density at radius 2 is 2.25 bits per heavy atom. The average Bonchev–Trinajstić information content (AvgIpc) is 2.33. The molecule has 2 N–H and O–H groups in total. The molecule has 1 aliphatic rings. The summed E-state index contributed by atoms with van der Waals surface area (Å²) < 4.78 is 5.10. The van der Waals surface area contributed by atoms with E-state index in [1.54, 1.807) is 0 Å². The van der Waals surface area contributed by atoms with Crippen molar-refractivity contribution in [3.05, 3.63) is 22.7 Å². The Morgan fingerprint density at radius 3 is 2.88 bits per heavy atom. The molecular formula is C12H16ClNO2. The minimum atomic E-state index is 0.0173. The number of rotatable bonds is 2. The number of halogens is 1. The van der Waals surface area contributed by atoms with E-state index in [9.17, 15) is 5.11 Å². The molecular weight excluding hydrogens is 226 g/mol. The summed E-state index contributed by atoms with van der Waals surface area (Å²) in [6, 6.07) is 3.98. The highest BCUT2D eigenvalue weighted by Crippen LogP contribution is 2.37. The average molecular weight is 242 g/mol. The second kappa shape index (κ2) is 4.93. The second-order valence-electron chi connectivity index (χ2n) is 4.06. The van der Waals surface area contributed by atoms with Crippen LogP contribution in [0.5, 0.6) is 11.5 Å². The number of piperidine rings is 1. The van der Waals surface area contributed by atoms with Gasteiger partial charge in [-0.2, -0.15) is 0 Å². The van der Waals surface area contributed by atoms with Crippen LogP contribution in [0.15, 0.2) is 12.1 Å². The SMILES string of the molecule is COc1cc([C@@H]2CCCCN2)cc(Cl)c1O. The van der Waals surface area contributed by atoms with Gasteiger partial charge in [-0.3, -0.25) is 0 Å². The summed E-state index contributed by atoms with van der Waals surface area (Å²) >= 11 is 5.96. The fraction of sp³-hybridized carbons (Fsp3) is 0.500. The highest BCUT2D eigenvalue weighted by atomic mass is 35.5. The van der Waals surface area contributed by atoms with Crippen molar-refractivity contribution in [3.63, 3.8) is 0 Å². The monoisotopic (exact) mass is 241 g/mol. The Hall–Kier alpha value is -0.930. The van der Waals surface area contributed by atoms with Crippen LogP contribution in [-0.4, -0.2) is 18.8 Å². The van der Waals surface area contributed by atoms with Crippen LogP contribution in [0, 0.1) is 0 Å². The van der Waals surface area contributed by atoms with Gasteiger partial charge in [-0.05, 0) is 37.1 Å². The first-order valence-corrected chi connectivity index (χ1v) is 5.90. The Morgan fingerprint density at radius 1 is 1.44 bits per heavy atom. The number of nitrogens with one attached hydrogen (secondary N) is 1.